The molecule has 7 nitrogen and oxygen atoms in total. The van der Waals surface area contributed by atoms with E-state index in [2.05, 4.69) is 5.92 Å². The fourth-order valence-electron chi connectivity index (χ4n) is 1.93. The highest BCUT2D eigenvalue weighted by molar-refractivity contribution is 8.18. The highest BCUT2D eigenvalue weighted by atomic mass is 32.2. The number of nitrogens with zero attached hydrogens (tertiary/aromatic N) is 1. The van der Waals surface area contributed by atoms with E-state index >= 15 is 0 Å². The van der Waals surface area contributed by atoms with Crippen LogP contribution in [0.2, 0.25) is 0 Å². The second-order valence-corrected chi connectivity index (χ2v) is 5.54. The molecule has 0 atom stereocenters. The molecule has 0 radical (unpaired) electrons. The van der Waals surface area contributed by atoms with Gasteiger partial charge in [-0.05, 0) is 35.5 Å². The van der Waals surface area contributed by atoms with Gasteiger partial charge in [0.15, 0.2) is 11.5 Å². The number of rotatable bonds is 6. The van der Waals surface area contributed by atoms with Gasteiger partial charge in [-0.2, -0.15) is 0 Å². The van der Waals surface area contributed by atoms with Crippen LogP contribution in [-0.4, -0.2) is 42.3 Å². The van der Waals surface area contributed by atoms with Gasteiger partial charge in [-0.3, -0.25) is 14.5 Å². The number of benzene rings is 1. The number of carboxylic acid groups (broad SMARTS) is 1. The fraction of sp³-hybridized carbons (Fsp3) is 0.188. The molecule has 1 aromatic carbocycles. The summed E-state index contributed by atoms with van der Waals surface area (Å²) in [6.45, 7) is -0.692. The standard InChI is InChI=1S/C16H13NO6S/c1-3-6-23-11-5-4-10(7-12(11)22-2)8-13-15(20)17(9-14(18)19)16(21)24-13/h1,4-5,7-8H,6,9H2,2H3,(H,18,19)/p-1/b13-8-. The molecule has 1 aliphatic heterocycles. The van der Waals surface area contributed by atoms with Gasteiger partial charge in [-0.1, -0.05) is 12.0 Å². The van der Waals surface area contributed by atoms with Crippen molar-refractivity contribution in [3.8, 4) is 23.8 Å². The second kappa shape index (κ2) is 7.57. The molecule has 1 heterocycles. The molecule has 0 aliphatic carbocycles. The third-order valence-electron chi connectivity index (χ3n) is 2.96. The number of ether oxygens (including phenoxy) is 2. The summed E-state index contributed by atoms with van der Waals surface area (Å²) >= 11 is 0.659. The summed E-state index contributed by atoms with van der Waals surface area (Å²) in [4.78, 5) is 35.1. The predicted octanol–water partition coefficient (Wildman–Crippen LogP) is 0.493. The predicted molar refractivity (Wildman–Crippen MR) is 85.0 cm³/mol. The van der Waals surface area contributed by atoms with Gasteiger partial charge in [0.1, 0.15) is 6.61 Å². The van der Waals surface area contributed by atoms with Crippen molar-refractivity contribution < 1.29 is 29.0 Å². The van der Waals surface area contributed by atoms with Crippen LogP contribution in [0.5, 0.6) is 11.5 Å². The summed E-state index contributed by atoms with van der Waals surface area (Å²) in [5, 5.41) is 9.93. The first-order valence-electron chi connectivity index (χ1n) is 6.65. The van der Waals surface area contributed by atoms with Crippen LogP contribution < -0.4 is 14.6 Å². The van der Waals surface area contributed by atoms with Crippen LogP contribution in [0.3, 0.4) is 0 Å². The molecule has 2 amide bonds. The number of carbonyl (C=O) groups excluding carboxylic acids is 3. The van der Waals surface area contributed by atoms with Crippen LogP contribution in [0.4, 0.5) is 4.79 Å². The highest BCUT2D eigenvalue weighted by Gasteiger charge is 2.34. The zero-order chi connectivity index (χ0) is 17.7. The average molecular weight is 346 g/mol. The molecule has 24 heavy (non-hydrogen) atoms. The number of thioether (sulfide) groups is 1. The third kappa shape index (κ3) is 3.88. The number of amides is 2. The second-order valence-electron chi connectivity index (χ2n) is 4.54. The molecule has 0 unspecified atom stereocenters. The maximum atomic E-state index is 12.1. The number of carboxylic acids is 1. The van der Waals surface area contributed by atoms with E-state index < -0.39 is 23.7 Å². The highest BCUT2D eigenvalue weighted by Crippen LogP contribution is 2.34. The van der Waals surface area contributed by atoms with Crippen molar-refractivity contribution >= 4 is 35.0 Å². The monoisotopic (exact) mass is 346 g/mol. The van der Waals surface area contributed by atoms with Crippen LogP contribution in [0.15, 0.2) is 23.1 Å². The van der Waals surface area contributed by atoms with Crippen molar-refractivity contribution in [2.24, 2.45) is 0 Å². The van der Waals surface area contributed by atoms with E-state index in [1.807, 2.05) is 0 Å². The van der Waals surface area contributed by atoms with E-state index in [0.29, 0.717) is 33.7 Å². The smallest absolute Gasteiger partial charge is 0.293 e. The Hall–Kier alpha value is -2.92. The molecule has 8 heteroatoms. The van der Waals surface area contributed by atoms with E-state index in [-0.39, 0.29) is 11.5 Å². The first kappa shape index (κ1) is 17.4. The molecule has 1 aromatic rings. The zero-order valence-corrected chi connectivity index (χ0v) is 13.4. The lowest BCUT2D eigenvalue weighted by Crippen LogP contribution is -2.40. The lowest BCUT2D eigenvalue weighted by molar-refractivity contribution is -0.305. The number of imide groups is 1. The molecule has 1 fully saturated rings. The summed E-state index contributed by atoms with van der Waals surface area (Å²) in [5.41, 5.74) is 0.582. The summed E-state index contributed by atoms with van der Waals surface area (Å²) < 4.78 is 10.5. The fourth-order valence-corrected chi connectivity index (χ4v) is 2.77. The molecule has 2 rings (SSSR count). The zero-order valence-electron chi connectivity index (χ0n) is 12.6. The molecule has 0 saturated carbocycles. The Morgan fingerprint density at radius 3 is 2.79 bits per heavy atom. The SMILES string of the molecule is C#CCOc1ccc(/C=C2\SC(=O)N(CC(=O)[O-])C2=O)cc1OC. The van der Waals surface area contributed by atoms with E-state index in [9.17, 15) is 19.5 Å². The van der Waals surface area contributed by atoms with Gasteiger partial charge >= 0.3 is 0 Å². The molecule has 1 saturated heterocycles. The van der Waals surface area contributed by atoms with Gasteiger partial charge in [-0.25, -0.2) is 0 Å². The maximum absolute atomic E-state index is 12.1. The molecule has 0 spiro atoms. The Balaban J connectivity index is 2.25. The van der Waals surface area contributed by atoms with Crippen LogP contribution in [0.1, 0.15) is 5.56 Å². The number of aliphatic carboxylic acids is 1. The first-order valence-corrected chi connectivity index (χ1v) is 7.47. The van der Waals surface area contributed by atoms with E-state index in [1.54, 1.807) is 18.2 Å². The summed E-state index contributed by atoms with van der Waals surface area (Å²) in [7, 11) is 1.45. The van der Waals surface area contributed by atoms with Gasteiger partial charge in [0, 0.05) is 0 Å². The number of terminal acetylenes is 1. The Labute approximate surface area is 142 Å². The van der Waals surface area contributed by atoms with Crippen molar-refractivity contribution in [1.29, 1.82) is 0 Å². The van der Waals surface area contributed by atoms with Gasteiger partial charge < -0.3 is 19.4 Å². The summed E-state index contributed by atoms with van der Waals surface area (Å²) in [6, 6.07) is 4.88. The molecule has 0 bridgehead atoms. The Bertz CT molecular complexity index is 764. The number of hydrogen-bond donors (Lipinski definition) is 0. The van der Waals surface area contributed by atoms with Crippen molar-refractivity contribution in [3.05, 3.63) is 28.7 Å². The quantitative estimate of drug-likeness (QED) is 0.546. The van der Waals surface area contributed by atoms with E-state index in [0.717, 1.165) is 0 Å². The average Bonchev–Trinajstić information content (AvgIpc) is 2.80. The summed E-state index contributed by atoms with van der Waals surface area (Å²) in [6.07, 6.45) is 6.60. The first-order chi connectivity index (χ1) is 11.5. The Morgan fingerprint density at radius 1 is 1.42 bits per heavy atom. The minimum Gasteiger partial charge on any atom is -0.548 e. The number of methoxy groups -OCH3 is 1. The van der Waals surface area contributed by atoms with E-state index in [4.69, 9.17) is 15.9 Å². The maximum Gasteiger partial charge on any atom is 0.293 e. The van der Waals surface area contributed by atoms with Crippen molar-refractivity contribution in [1.82, 2.24) is 4.90 Å². The van der Waals surface area contributed by atoms with Crippen LogP contribution in [0, 0.1) is 12.3 Å². The molecule has 124 valence electrons. The topological polar surface area (TPSA) is 96.0 Å². The van der Waals surface area contributed by atoms with Crippen molar-refractivity contribution in [2.45, 2.75) is 0 Å². The Kier molecular flexibility index (Phi) is 5.50. The summed E-state index contributed by atoms with van der Waals surface area (Å²) in [5.74, 6) is 1.01. The van der Waals surface area contributed by atoms with Gasteiger partial charge in [0.25, 0.3) is 11.1 Å². The minimum absolute atomic E-state index is 0.0812. The normalized spacial score (nSPS) is 15.5. The number of hydrogen-bond acceptors (Lipinski definition) is 7. The Morgan fingerprint density at radius 2 is 2.17 bits per heavy atom. The van der Waals surface area contributed by atoms with Crippen LogP contribution in [-0.2, 0) is 9.59 Å². The van der Waals surface area contributed by atoms with Crippen LogP contribution >= 0.6 is 11.8 Å². The van der Waals surface area contributed by atoms with Gasteiger partial charge in [0.2, 0.25) is 0 Å². The van der Waals surface area contributed by atoms with Gasteiger partial charge in [0.05, 0.1) is 24.5 Å². The third-order valence-corrected chi connectivity index (χ3v) is 3.86. The van der Waals surface area contributed by atoms with E-state index in [1.165, 1.54) is 13.2 Å². The molecule has 0 N–H and O–H groups in total. The molecular formula is C16H12NO6S-. The molecular weight excluding hydrogens is 334 g/mol. The largest absolute Gasteiger partial charge is 0.548 e. The number of carbonyl (C=O) groups is 3. The van der Waals surface area contributed by atoms with Crippen molar-refractivity contribution in [3.63, 3.8) is 0 Å². The molecule has 1 aliphatic rings. The van der Waals surface area contributed by atoms with Crippen LogP contribution in [0.25, 0.3) is 6.08 Å². The lowest BCUT2D eigenvalue weighted by atomic mass is 10.2. The minimum atomic E-state index is -1.50. The molecule has 0 aromatic heterocycles. The van der Waals surface area contributed by atoms with Crippen molar-refractivity contribution in [2.75, 3.05) is 20.3 Å². The van der Waals surface area contributed by atoms with Gasteiger partial charge in [-0.15, -0.1) is 6.42 Å². The lowest BCUT2D eigenvalue weighted by Gasteiger charge is -2.12.